The first kappa shape index (κ1) is 13.5. The maximum atomic E-state index is 13.5. The van der Waals surface area contributed by atoms with Crippen molar-refractivity contribution in [2.45, 2.75) is 6.54 Å². The van der Waals surface area contributed by atoms with Crippen LogP contribution in [-0.2, 0) is 6.54 Å². The van der Waals surface area contributed by atoms with Crippen molar-refractivity contribution in [1.82, 2.24) is 0 Å². The minimum atomic E-state index is -0.450. The van der Waals surface area contributed by atoms with Gasteiger partial charge in [-0.05, 0) is 18.2 Å². The number of hydrogen-bond acceptors (Lipinski definition) is 3. The highest BCUT2D eigenvalue weighted by atomic mass is 79.9. The summed E-state index contributed by atoms with van der Waals surface area (Å²) in [5, 5.41) is 13.7. The van der Waals surface area contributed by atoms with Crippen molar-refractivity contribution < 1.29 is 9.31 Å². The first-order valence-electron chi connectivity index (χ1n) is 5.49. The van der Waals surface area contributed by atoms with E-state index in [-0.39, 0.29) is 12.2 Å². The van der Waals surface area contributed by atoms with Gasteiger partial charge in [-0.15, -0.1) is 0 Å². The van der Waals surface area contributed by atoms with Crippen molar-refractivity contribution in [2.75, 3.05) is 5.32 Å². The van der Waals surface area contributed by atoms with E-state index in [0.29, 0.717) is 11.3 Å². The topological polar surface area (TPSA) is 55.2 Å². The summed E-state index contributed by atoms with van der Waals surface area (Å²) in [5.41, 5.74) is 0.824. The lowest BCUT2D eigenvalue weighted by Crippen LogP contribution is -2.04. The van der Waals surface area contributed by atoms with E-state index in [4.69, 9.17) is 0 Å². The fourth-order valence-electron chi connectivity index (χ4n) is 1.66. The number of rotatable bonds is 4. The van der Waals surface area contributed by atoms with Gasteiger partial charge in [-0.2, -0.15) is 0 Å². The Hall–Kier alpha value is -1.95. The molecule has 0 spiro atoms. The molecule has 0 aliphatic heterocycles. The minimum Gasteiger partial charge on any atom is -0.378 e. The zero-order valence-corrected chi connectivity index (χ0v) is 11.4. The lowest BCUT2D eigenvalue weighted by Gasteiger charge is -2.08. The Balaban J connectivity index is 2.19. The van der Waals surface area contributed by atoms with E-state index in [1.54, 1.807) is 30.3 Å². The number of halogens is 2. The van der Waals surface area contributed by atoms with E-state index in [2.05, 4.69) is 21.2 Å². The van der Waals surface area contributed by atoms with Crippen molar-refractivity contribution in [2.24, 2.45) is 0 Å². The smallest absolute Gasteiger partial charge is 0.274 e. The minimum absolute atomic E-state index is 0.0189. The summed E-state index contributed by atoms with van der Waals surface area (Å²) in [6.45, 7) is 0.185. The van der Waals surface area contributed by atoms with Gasteiger partial charge in [0.25, 0.3) is 5.69 Å². The van der Waals surface area contributed by atoms with Crippen LogP contribution >= 0.6 is 15.9 Å². The predicted molar refractivity (Wildman–Crippen MR) is 74.5 cm³/mol. The van der Waals surface area contributed by atoms with Crippen LogP contribution in [0, 0.1) is 15.9 Å². The van der Waals surface area contributed by atoms with Crippen LogP contribution in [0.5, 0.6) is 0 Å². The molecule has 0 aromatic heterocycles. The molecule has 0 atom stereocenters. The Morgan fingerprint density at radius 2 is 2.00 bits per heavy atom. The van der Waals surface area contributed by atoms with Crippen LogP contribution in [0.2, 0.25) is 0 Å². The van der Waals surface area contributed by atoms with Gasteiger partial charge in [0.2, 0.25) is 0 Å². The fourth-order valence-corrected chi connectivity index (χ4v) is 2.02. The van der Waals surface area contributed by atoms with E-state index < -0.39 is 10.7 Å². The Bertz CT molecular complexity index is 619. The third kappa shape index (κ3) is 3.29. The van der Waals surface area contributed by atoms with Gasteiger partial charge in [0.05, 0.1) is 10.6 Å². The molecule has 2 aromatic carbocycles. The second-order valence-corrected chi connectivity index (χ2v) is 4.78. The number of benzene rings is 2. The molecule has 4 nitrogen and oxygen atoms in total. The zero-order chi connectivity index (χ0) is 13.8. The molecule has 0 aliphatic carbocycles. The van der Waals surface area contributed by atoms with E-state index in [0.717, 1.165) is 4.47 Å². The monoisotopic (exact) mass is 324 g/mol. The summed E-state index contributed by atoms with van der Waals surface area (Å²) < 4.78 is 14.2. The van der Waals surface area contributed by atoms with Crippen molar-refractivity contribution in [3.8, 4) is 0 Å². The molecule has 0 amide bonds. The molecule has 19 heavy (non-hydrogen) atoms. The molecule has 0 radical (unpaired) electrons. The molecule has 0 heterocycles. The fraction of sp³-hybridized carbons (Fsp3) is 0.0769. The number of para-hydroxylation sites is 1. The Kier molecular flexibility index (Phi) is 4.11. The summed E-state index contributed by atoms with van der Waals surface area (Å²) in [5.74, 6) is -0.401. The number of hydrogen-bond donors (Lipinski definition) is 1. The highest BCUT2D eigenvalue weighted by molar-refractivity contribution is 9.10. The van der Waals surface area contributed by atoms with Gasteiger partial charge < -0.3 is 5.32 Å². The largest absolute Gasteiger partial charge is 0.378 e. The number of nitrogens with one attached hydrogen (secondary N) is 1. The third-order valence-electron chi connectivity index (χ3n) is 2.59. The van der Waals surface area contributed by atoms with Crippen LogP contribution in [0.3, 0.4) is 0 Å². The first-order valence-corrected chi connectivity index (χ1v) is 6.28. The standard InChI is InChI=1S/C13H10BrFN2O2/c14-10-5-6-11(15)12(7-10)16-8-9-3-1-2-4-13(9)17(18)19/h1-7,16H,8H2. The molecular formula is C13H10BrFN2O2. The summed E-state index contributed by atoms with van der Waals surface area (Å²) in [4.78, 5) is 10.4. The molecule has 2 rings (SSSR count). The van der Waals surface area contributed by atoms with Gasteiger partial charge in [-0.25, -0.2) is 4.39 Å². The van der Waals surface area contributed by atoms with Crippen molar-refractivity contribution in [1.29, 1.82) is 0 Å². The predicted octanol–water partition coefficient (Wildman–Crippen LogP) is 4.11. The highest BCUT2D eigenvalue weighted by Gasteiger charge is 2.12. The van der Waals surface area contributed by atoms with Crippen LogP contribution in [-0.4, -0.2) is 4.92 Å². The Morgan fingerprint density at radius 3 is 2.74 bits per heavy atom. The van der Waals surface area contributed by atoms with Crippen LogP contribution in [0.4, 0.5) is 15.8 Å². The molecule has 0 aliphatic rings. The average molecular weight is 325 g/mol. The number of nitrogens with zero attached hydrogens (tertiary/aromatic N) is 1. The Labute approximate surface area is 117 Å². The van der Waals surface area contributed by atoms with E-state index in [1.165, 1.54) is 12.1 Å². The summed E-state index contributed by atoms with van der Waals surface area (Å²) in [7, 11) is 0. The Morgan fingerprint density at radius 1 is 1.26 bits per heavy atom. The van der Waals surface area contributed by atoms with E-state index in [1.807, 2.05) is 0 Å². The lowest BCUT2D eigenvalue weighted by molar-refractivity contribution is -0.385. The van der Waals surface area contributed by atoms with Gasteiger partial charge in [0, 0.05) is 22.6 Å². The molecule has 1 N–H and O–H groups in total. The van der Waals surface area contributed by atoms with Gasteiger partial charge in [-0.1, -0.05) is 34.1 Å². The number of nitro benzene ring substituents is 1. The molecule has 0 saturated carbocycles. The maximum absolute atomic E-state index is 13.5. The van der Waals surface area contributed by atoms with Crippen molar-refractivity contribution >= 4 is 27.3 Å². The van der Waals surface area contributed by atoms with Crippen molar-refractivity contribution in [3.63, 3.8) is 0 Å². The summed E-state index contributed by atoms with van der Waals surface area (Å²) in [6.07, 6.45) is 0. The third-order valence-corrected chi connectivity index (χ3v) is 3.08. The van der Waals surface area contributed by atoms with Crippen molar-refractivity contribution in [3.05, 3.63) is 68.4 Å². The van der Waals surface area contributed by atoms with E-state index in [9.17, 15) is 14.5 Å². The quantitative estimate of drug-likeness (QED) is 0.680. The van der Waals surface area contributed by atoms with Crippen LogP contribution in [0.1, 0.15) is 5.56 Å². The second kappa shape index (κ2) is 5.79. The summed E-state index contributed by atoms with van der Waals surface area (Å²) >= 11 is 3.25. The molecule has 0 saturated heterocycles. The molecule has 2 aromatic rings. The molecular weight excluding hydrogens is 315 g/mol. The highest BCUT2D eigenvalue weighted by Crippen LogP contribution is 2.23. The molecule has 0 unspecified atom stereocenters. The molecule has 98 valence electrons. The van der Waals surface area contributed by atoms with Gasteiger partial charge in [-0.3, -0.25) is 10.1 Å². The normalized spacial score (nSPS) is 10.2. The average Bonchev–Trinajstić information content (AvgIpc) is 2.40. The number of anilines is 1. The maximum Gasteiger partial charge on any atom is 0.274 e. The van der Waals surface area contributed by atoms with Gasteiger partial charge in [0.1, 0.15) is 5.82 Å². The van der Waals surface area contributed by atoms with Crippen LogP contribution < -0.4 is 5.32 Å². The van der Waals surface area contributed by atoms with Gasteiger partial charge in [0.15, 0.2) is 0 Å². The summed E-state index contributed by atoms with van der Waals surface area (Å²) in [6, 6.07) is 10.9. The first-order chi connectivity index (χ1) is 9.08. The molecule has 0 bridgehead atoms. The zero-order valence-electron chi connectivity index (χ0n) is 9.77. The van der Waals surface area contributed by atoms with Crippen LogP contribution in [0.25, 0.3) is 0 Å². The van der Waals surface area contributed by atoms with Gasteiger partial charge >= 0.3 is 0 Å². The lowest BCUT2D eigenvalue weighted by atomic mass is 10.2. The molecule has 6 heteroatoms. The molecule has 0 fully saturated rings. The van der Waals surface area contributed by atoms with Crippen LogP contribution in [0.15, 0.2) is 46.9 Å². The second-order valence-electron chi connectivity index (χ2n) is 3.86. The number of nitro groups is 1. The SMILES string of the molecule is O=[N+]([O-])c1ccccc1CNc1cc(Br)ccc1F. The van der Waals surface area contributed by atoms with E-state index >= 15 is 0 Å².